The van der Waals surface area contributed by atoms with E-state index in [1.165, 1.54) is 6.07 Å². The van der Waals surface area contributed by atoms with Gasteiger partial charge in [0, 0.05) is 5.56 Å². The van der Waals surface area contributed by atoms with E-state index in [1.807, 2.05) is 38.1 Å². The summed E-state index contributed by atoms with van der Waals surface area (Å²) >= 11 is 0. The Hall–Kier alpha value is -2.60. The first-order valence-electron chi connectivity index (χ1n) is 5.88. The third-order valence-electron chi connectivity index (χ3n) is 2.82. The van der Waals surface area contributed by atoms with Crippen molar-refractivity contribution >= 4 is 6.29 Å². The molecule has 0 spiro atoms. The quantitative estimate of drug-likeness (QED) is 0.780. The molecule has 0 bridgehead atoms. The lowest BCUT2D eigenvalue weighted by atomic mass is 10.1. The Kier molecular flexibility index (Phi) is 3.63. The number of hydrogen-bond donors (Lipinski definition) is 0. The third-order valence-corrected chi connectivity index (χ3v) is 2.82. The molecule has 0 fully saturated rings. The number of carbonyl (C=O) groups excluding carboxylic acids is 1. The topological polar surface area (TPSA) is 50.1 Å². The SMILES string of the molecule is Cc1ccc(C)c(Oc2ccc(C=O)cc2C#N)c1. The number of carbonyl (C=O) groups is 1. The molecule has 2 aromatic carbocycles. The number of aryl methyl sites for hydroxylation is 2. The summed E-state index contributed by atoms with van der Waals surface area (Å²) in [6, 6.07) is 12.7. The van der Waals surface area contributed by atoms with Crippen molar-refractivity contribution in [2.75, 3.05) is 0 Å². The summed E-state index contributed by atoms with van der Waals surface area (Å²) in [5.41, 5.74) is 2.90. The molecule has 2 rings (SSSR count). The molecule has 0 N–H and O–H groups in total. The van der Waals surface area contributed by atoms with Crippen LogP contribution >= 0.6 is 0 Å². The van der Waals surface area contributed by atoms with E-state index in [-0.39, 0.29) is 0 Å². The minimum Gasteiger partial charge on any atom is -0.456 e. The van der Waals surface area contributed by atoms with Gasteiger partial charge in [-0.1, -0.05) is 12.1 Å². The molecule has 0 saturated heterocycles. The van der Waals surface area contributed by atoms with Gasteiger partial charge in [0.2, 0.25) is 0 Å². The lowest BCUT2D eigenvalue weighted by molar-refractivity contribution is 0.112. The second kappa shape index (κ2) is 5.36. The van der Waals surface area contributed by atoms with E-state index >= 15 is 0 Å². The average Bonchev–Trinajstić information content (AvgIpc) is 2.43. The molecule has 0 radical (unpaired) electrons. The van der Waals surface area contributed by atoms with Crippen LogP contribution in [0.25, 0.3) is 0 Å². The van der Waals surface area contributed by atoms with Gasteiger partial charge in [0.25, 0.3) is 0 Å². The number of aldehydes is 1. The molecule has 0 aliphatic rings. The lowest BCUT2D eigenvalue weighted by Gasteiger charge is -2.11. The van der Waals surface area contributed by atoms with Gasteiger partial charge in [-0.05, 0) is 49.2 Å². The van der Waals surface area contributed by atoms with Gasteiger partial charge >= 0.3 is 0 Å². The molecule has 0 aliphatic carbocycles. The summed E-state index contributed by atoms with van der Waals surface area (Å²) in [6.45, 7) is 3.92. The third kappa shape index (κ3) is 2.80. The standard InChI is InChI=1S/C16H13NO2/c1-11-3-4-12(2)16(7-11)19-15-6-5-13(10-18)8-14(15)9-17/h3-8,10H,1-2H3. The molecule has 0 amide bonds. The van der Waals surface area contributed by atoms with Crippen LogP contribution in [-0.4, -0.2) is 6.29 Å². The zero-order valence-electron chi connectivity index (χ0n) is 10.8. The number of nitriles is 1. The Morgan fingerprint density at radius 1 is 1.11 bits per heavy atom. The van der Waals surface area contributed by atoms with E-state index in [1.54, 1.807) is 12.1 Å². The van der Waals surface area contributed by atoms with E-state index in [0.29, 0.717) is 23.2 Å². The number of nitrogens with zero attached hydrogens (tertiary/aromatic N) is 1. The van der Waals surface area contributed by atoms with Crippen LogP contribution in [0, 0.1) is 25.2 Å². The normalized spacial score (nSPS) is 9.74. The Morgan fingerprint density at radius 2 is 1.89 bits per heavy atom. The van der Waals surface area contributed by atoms with E-state index in [9.17, 15) is 4.79 Å². The Balaban J connectivity index is 2.41. The Bertz CT molecular complexity index is 669. The first kappa shape index (κ1) is 12.8. The molecule has 19 heavy (non-hydrogen) atoms. The van der Waals surface area contributed by atoms with Crippen molar-refractivity contribution in [3.63, 3.8) is 0 Å². The number of rotatable bonds is 3. The molecule has 0 aromatic heterocycles. The molecule has 0 saturated carbocycles. The number of hydrogen-bond acceptors (Lipinski definition) is 3. The van der Waals surface area contributed by atoms with Crippen LogP contribution in [-0.2, 0) is 0 Å². The summed E-state index contributed by atoms with van der Waals surface area (Å²) in [7, 11) is 0. The predicted molar refractivity (Wildman–Crippen MR) is 72.5 cm³/mol. The maximum Gasteiger partial charge on any atom is 0.150 e. The molecule has 3 nitrogen and oxygen atoms in total. The molecule has 0 aliphatic heterocycles. The summed E-state index contributed by atoms with van der Waals surface area (Å²) in [5.74, 6) is 1.18. The van der Waals surface area contributed by atoms with Gasteiger partial charge in [-0.3, -0.25) is 4.79 Å². The highest BCUT2D eigenvalue weighted by molar-refractivity contribution is 5.76. The second-order valence-corrected chi connectivity index (χ2v) is 4.36. The summed E-state index contributed by atoms with van der Waals surface area (Å²) in [6.07, 6.45) is 0.711. The first-order chi connectivity index (χ1) is 9.13. The molecular weight excluding hydrogens is 238 g/mol. The van der Waals surface area contributed by atoms with Crippen molar-refractivity contribution in [1.82, 2.24) is 0 Å². The van der Waals surface area contributed by atoms with E-state index < -0.39 is 0 Å². The fourth-order valence-corrected chi connectivity index (χ4v) is 1.73. The van der Waals surface area contributed by atoms with Gasteiger partial charge in [-0.2, -0.15) is 5.26 Å². The van der Waals surface area contributed by atoms with E-state index in [2.05, 4.69) is 0 Å². The highest BCUT2D eigenvalue weighted by Gasteiger charge is 2.08. The van der Waals surface area contributed by atoms with Crippen LogP contribution < -0.4 is 4.74 Å². The van der Waals surface area contributed by atoms with Gasteiger partial charge in [-0.25, -0.2) is 0 Å². The molecular formula is C16H13NO2. The second-order valence-electron chi connectivity index (χ2n) is 4.36. The van der Waals surface area contributed by atoms with Crippen LogP contribution in [0.1, 0.15) is 27.0 Å². The van der Waals surface area contributed by atoms with Gasteiger partial charge in [0.1, 0.15) is 23.9 Å². The predicted octanol–water partition coefficient (Wildman–Crippen LogP) is 3.78. The molecule has 3 heteroatoms. The number of ether oxygens (including phenoxy) is 1. The van der Waals surface area contributed by atoms with Gasteiger partial charge in [0.05, 0.1) is 5.56 Å². The molecule has 0 atom stereocenters. The van der Waals surface area contributed by atoms with Gasteiger partial charge in [-0.15, -0.1) is 0 Å². The smallest absolute Gasteiger partial charge is 0.150 e. The monoisotopic (exact) mass is 251 g/mol. The minimum atomic E-state index is 0.352. The van der Waals surface area contributed by atoms with Crippen molar-refractivity contribution in [3.8, 4) is 17.6 Å². The average molecular weight is 251 g/mol. The highest BCUT2D eigenvalue weighted by Crippen LogP contribution is 2.28. The highest BCUT2D eigenvalue weighted by atomic mass is 16.5. The van der Waals surface area contributed by atoms with Crippen LogP contribution in [0.3, 0.4) is 0 Å². The van der Waals surface area contributed by atoms with Crippen molar-refractivity contribution in [1.29, 1.82) is 5.26 Å². The molecule has 94 valence electrons. The fourth-order valence-electron chi connectivity index (χ4n) is 1.73. The maximum absolute atomic E-state index is 10.7. The van der Waals surface area contributed by atoms with Crippen molar-refractivity contribution in [2.45, 2.75) is 13.8 Å². The van der Waals surface area contributed by atoms with Gasteiger partial charge < -0.3 is 4.74 Å². The molecule has 0 unspecified atom stereocenters. The molecule has 0 heterocycles. The van der Waals surface area contributed by atoms with Gasteiger partial charge in [0.15, 0.2) is 0 Å². The minimum absolute atomic E-state index is 0.352. The summed E-state index contributed by atoms with van der Waals surface area (Å²) in [4.78, 5) is 10.7. The van der Waals surface area contributed by atoms with Crippen molar-refractivity contribution < 1.29 is 9.53 Å². The first-order valence-corrected chi connectivity index (χ1v) is 5.88. The summed E-state index contributed by atoms with van der Waals surface area (Å²) < 4.78 is 5.77. The molecule has 2 aromatic rings. The van der Waals surface area contributed by atoms with E-state index in [4.69, 9.17) is 10.00 Å². The van der Waals surface area contributed by atoms with Crippen LogP contribution in [0.4, 0.5) is 0 Å². The zero-order valence-corrected chi connectivity index (χ0v) is 10.8. The van der Waals surface area contributed by atoms with Crippen LogP contribution in [0.5, 0.6) is 11.5 Å². The lowest BCUT2D eigenvalue weighted by Crippen LogP contribution is -1.92. The van der Waals surface area contributed by atoms with Crippen molar-refractivity contribution in [2.24, 2.45) is 0 Å². The van der Waals surface area contributed by atoms with Crippen molar-refractivity contribution in [3.05, 3.63) is 58.7 Å². The zero-order chi connectivity index (χ0) is 13.8. The van der Waals surface area contributed by atoms with Crippen LogP contribution in [0.2, 0.25) is 0 Å². The maximum atomic E-state index is 10.7. The fraction of sp³-hybridized carbons (Fsp3) is 0.125. The Morgan fingerprint density at radius 3 is 2.58 bits per heavy atom. The number of benzene rings is 2. The van der Waals surface area contributed by atoms with Crippen LogP contribution in [0.15, 0.2) is 36.4 Å². The largest absolute Gasteiger partial charge is 0.456 e. The Labute approximate surface area is 112 Å². The summed E-state index contributed by atoms with van der Waals surface area (Å²) in [5, 5.41) is 9.09. The van der Waals surface area contributed by atoms with E-state index in [0.717, 1.165) is 16.9 Å².